The third kappa shape index (κ3) is 4.53. The molecule has 0 atom stereocenters. The van der Waals surface area contributed by atoms with Crippen molar-refractivity contribution in [1.29, 1.82) is 0 Å². The van der Waals surface area contributed by atoms with Crippen molar-refractivity contribution < 1.29 is 19.1 Å². The van der Waals surface area contributed by atoms with Crippen molar-refractivity contribution >= 4 is 23.2 Å². The molecule has 0 bridgehead atoms. The van der Waals surface area contributed by atoms with Crippen LogP contribution in [0.5, 0.6) is 11.5 Å². The molecule has 0 aromatic heterocycles. The lowest BCUT2D eigenvalue weighted by Gasteiger charge is -2.27. The molecule has 1 aliphatic heterocycles. The molecule has 1 heterocycles. The summed E-state index contributed by atoms with van der Waals surface area (Å²) in [6.07, 6.45) is 3.84. The Morgan fingerprint density at radius 3 is 2.00 bits per heavy atom. The van der Waals surface area contributed by atoms with Gasteiger partial charge in [0.05, 0.1) is 0 Å². The summed E-state index contributed by atoms with van der Waals surface area (Å²) in [7, 11) is 0. The predicted molar refractivity (Wildman–Crippen MR) is 111 cm³/mol. The van der Waals surface area contributed by atoms with Crippen LogP contribution in [0.2, 0.25) is 0 Å². The van der Waals surface area contributed by atoms with Gasteiger partial charge in [-0.05, 0) is 61.9 Å². The standard InChI is InChI=1S/C23H26N2O4/c1-2-15-3-9-18(10-4-15)24-22(26)16-5-7-17(8-6-16)23(27)25-19-11-12-20-21(13-19)29-14-28-20/h3-4,9-13,16-17H,2,5-8,14H2,1H3,(H,24,26)(H,25,27). The number of ether oxygens (including phenoxy) is 2. The minimum Gasteiger partial charge on any atom is -0.454 e. The highest BCUT2D eigenvalue weighted by atomic mass is 16.7. The number of carbonyl (C=O) groups excluding carboxylic acids is 2. The molecule has 1 saturated carbocycles. The van der Waals surface area contributed by atoms with Gasteiger partial charge in [0.1, 0.15) is 0 Å². The number of hydrogen-bond acceptors (Lipinski definition) is 4. The van der Waals surface area contributed by atoms with Gasteiger partial charge in [0.15, 0.2) is 11.5 Å². The summed E-state index contributed by atoms with van der Waals surface area (Å²) >= 11 is 0. The molecule has 0 radical (unpaired) electrons. The fraction of sp³-hybridized carbons (Fsp3) is 0.391. The second kappa shape index (κ2) is 8.55. The Hall–Kier alpha value is -3.02. The molecule has 2 amide bonds. The lowest BCUT2D eigenvalue weighted by Crippen LogP contribution is -2.32. The molecule has 2 aromatic carbocycles. The monoisotopic (exact) mass is 394 g/mol. The molecule has 2 N–H and O–H groups in total. The number of nitrogens with one attached hydrogen (secondary N) is 2. The van der Waals surface area contributed by atoms with Crippen molar-refractivity contribution in [3.8, 4) is 11.5 Å². The maximum Gasteiger partial charge on any atom is 0.231 e. The number of fused-ring (bicyclic) bond motifs is 1. The summed E-state index contributed by atoms with van der Waals surface area (Å²) in [4.78, 5) is 25.2. The number of amides is 2. The Balaban J connectivity index is 1.27. The van der Waals surface area contributed by atoms with Crippen LogP contribution in [0.15, 0.2) is 42.5 Å². The lowest BCUT2D eigenvalue weighted by molar-refractivity contribution is -0.125. The molecular weight excluding hydrogens is 368 g/mol. The molecular formula is C23H26N2O4. The van der Waals surface area contributed by atoms with Crippen molar-refractivity contribution in [3.05, 3.63) is 48.0 Å². The smallest absolute Gasteiger partial charge is 0.231 e. The Morgan fingerprint density at radius 1 is 0.828 bits per heavy atom. The first-order chi connectivity index (χ1) is 14.1. The van der Waals surface area contributed by atoms with Crippen LogP contribution in [0, 0.1) is 11.8 Å². The van der Waals surface area contributed by atoms with Crippen molar-refractivity contribution in [2.75, 3.05) is 17.4 Å². The maximum atomic E-state index is 12.6. The number of anilines is 2. The van der Waals surface area contributed by atoms with Gasteiger partial charge in [-0.25, -0.2) is 0 Å². The summed E-state index contributed by atoms with van der Waals surface area (Å²) in [6, 6.07) is 13.4. The zero-order valence-electron chi connectivity index (χ0n) is 16.6. The van der Waals surface area contributed by atoms with E-state index in [1.165, 1.54) is 5.56 Å². The van der Waals surface area contributed by atoms with E-state index < -0.39 is 0 Å². The zero-order chi connectivity index (χ0) is 20.2. The molecule has 29 heavy (non-hydrogen) atoms. The molecule has 2 aliphatic rings. The van der Waals surface area contributed by atoms with E-state index in [9.17, 15) is 9.59 Å². The van der Waals surface area contributed by atoms with Gasteiger partial charge in [0, 0.05) is 29.3 Å². The van der Waals surface area contributed by atoms with Crippen LogP contribution in [-0.4, -0.2) is 18.6 Å². The Kier molecular flexibility index (Phi) is 5.69. The van der Waals surface area contributed by atoms with Crippen LogP contribution in [0.4, 0.5) is 11.4 Å². The van der Waals surface area contributed by atoms with Crippen LogP contribution >= 0.6 is 0 Å². The molecule has 6 nitrogen and oxygen atoms in total. The number of aryl methyl sites for hydroxylation is 1. The average Bonchev–Trinajstić information content (AvgIpc) is 3.22. The quantitative estimate of drug-likeness (QED) is 0.790. The van der Waals surface area contributed by atoms with Gasteiger partial charge in [-0.1, -0.05) is 19.1 Å². The molecule has 6 heteroatoms. The third-order valence-corrected chi connectivity index (χ3v) is 5.74. The highest BCUT2D eigenvalue weighted by Gasteiger charge is 2.30. The predicted octanol–water partition coefficient (Wildman–Crippen LogP) is 4.36. The first kappa shape index (κ1) is 19.3. The Labute approximate surface area is 170 Å². The largest absolute Gasteiger partial charge is 0.454 e. The van der Waals surface area contributed by atoms with Crippen molar-refractivity contribution in [3.63, 3.8) is 0 Å². The van der Waals surface area contributed by atoms with Crippen LogP contribution in [0.1, 0.15) is 38.2 Å². The molecule has 0 spiro atoms. The normalized spacial score (nSPS) is 20.2. The van der Waals surface area contributed by atoms with E-state index >= 15 is 0 Å². The fourth-order valence-electron chi connectivity index (χ4n) is 3.90. The molecule has 0 saturated heterocycles. The molecule has 1 fully saturated rings. The summed E-state index contributed by atoms with van der Waals surface area (Å²) < 4.78 is 10.6. The van der Waals surface area contributed by atoms with E-state index in [2.05, 4.69) is 17.6 Å². The van der Waals surface area contributed by atoms with E-state index in [4.69, 9.17) is 9.47 Å². The summed E-state index contributed by atoms with van der Waals surface area (Å²) in [5.74, 6) is 1.26. The maximum absolute atomic E-state index is 12.6. The number of carbonyl (C=O) groups is 2. The van der Waals surface area contributed by atoms with E-state index in [1.54, 1.807) is 12.1 Å². The highest BCUT2D eigenvalue weighted by Crippen LogP contribution is 2.35. The van der Waals surface area contributed by atoms with Crippen molar-refractivity contribution in [2.24, 2.45) is 11.8 Å². The summed E-state index contributed by atoms with van der Waals surface area (Å²) in [6.45, 7) is 2.32. The summed E-state index contributed by atoms with van der Waals surface area (Å²) in [5.41, 5.74) is 2.78. The topological polar surface area (TPSA) is 76.7 Å². The molecule has 2 aromatic rings. The van der Waals surface area contributed by atoms with E-state index in [-0.39, 0.29) is 30.4 Å². The van der Waals surface area contributed by atoms with E-state index in [1.807, 2.05) is 30.3 Å². The van der Waals surface area contributed by atoms with Crippen molar-refractivity contribution in [2.45, 2.75) is 39.0 Å². The first-order valence-electron chi connectivity index (χ1n) is 10.2. The number of hydrogen-bond donors (Lipinski definition) is 2. The van der Waals surface area contributed by atoms with Gasteiger partial charge in [-0.15, -0.1) is 0 Å². The molecule has 4 rings (SSSR count). The molecule has 0 unspecified atom stereocenters. The van der Waals surface area contributed by atoms with Crippen molar-refractivity contribution in [1.82, 2.24) is 0 Å². The van der Waals surface area contributed by atoms with E-state index in [0.29, 0.717) is 30.0 Å². The highest BCUT2D eigenvalue weighted by molar-refractivity contribution is 5.94. The minimum atomic E-state index is -0.0756. The van der Waals surface area contributed by atoms with Crippen LogP contribution in [0.3, 0.4) is 0 Å². The van der Waals surface area contributed by atoms with Crippen LogP contribution < -0.4 is 20.1 Å². The minimum absolute atomic E-state index is 0.00196. The van der Waals surface area contributed by atoms with Gasteiger partial charge >= 0.3 is 0 Å². The number of benzene rings is 2. The lowest BCUT2D eigenvalue weighted by atomic mass is 9.81. The fourth-order valence-corrected chi connectivity index (χ4v) is 3.90. The second-order valence-corrected chi connectivity index (χ2v) is 7.65. The van der Waals surface area contributed by atoms with Gasteiger partial charge in [0.25, 0.3) is 0 Å². The van der Waals surface area contributed by atoms with Gasteiger partial charge < -0.3 is 20.1 Å². The van der Waals surface area contributed by atoms with Gasteiger partial charge in [-0.2, -0.15) is 0 Å². The second-order valence-electron chi connectivity index (χ2n) is 7.65. The Bertz CT molecular complexity index is 886. The Morgan fingerprint density at radius 2 is 1.38 bits per heavy atom. The SMILES string of the molecule is CCc1ccc(NC(=O)C2CCC(C(=O)Nc3ccc4c(c3)OCO4)CC2)cc1. The first-order valence-corrected chi connectivity index (χ1v) is 10.2. The van der Waals surface area contributed by atoms with Crippen LogP contribution in [-0.2, 0) is 16.0 Å². The molecule has 1 aliphatic carbocycles. The van der Waals surface area contributed by atoms with Crippen LogP contribution in [0.25, 0.3) is 0 Å². The van der Waals surface area contributed by atoms with Gasteiger partial charge in [-0.3, -0.25) is 9.59 Å². The zero-order valence-corrected chi connectivity index (χ0v) is 16.6. The number of rotatable bonds is 5. The molecule has 152 valence electrons. The average molecular weight is 394 g/mol. The van der Waals surface area contributed by atoms with Gasteiger partial charge in [0.2, 0.25) is 18.6 Å². The third-order valence-electron chi connectivity index (χ3n) is 5.74. The van der Waals surface area contributed by atoms with E-state index in [0.717, 1.165) is 24.9 Å². The summed E-state index contributed by atoms with van der Waals surface area (Å²) in [5, 5.41) is 5.97.